The summed E-state index contributed by atoms with van der Waals surface area (Å²) in [6, 6.07) is 5.76. The van der Waals surface area contributed by atoms with Gasteiger partial charge in [-0.15, -0.1) is 11.3 Å². The van der Waals surface area contributed by atoms with E-state index in [1.54, 1.807) is 6.20 Å². The fourth-order valence-corrected chi connectivity index (χ4v) is 1.85. The third-order valence-corrected chi connectivity index (χ3v) is 2.52. The smallest absolute Gasteiger partial charge is 0.180 e. The monoisotopic (exact) mass is 191 g/mol. The second-order valence-electron chi connectivity index (χ2n) is 2.67. The number of anilines is 1. The molecule has 0 spiro atoms. The van der Waals surface area contributed by atoms with Crippen LogP contribution in [0.5, 0.6) is 0 Å². The second kappa shape index (κ2) is 3.14. The zero-order valence-electron chi connectivity index (χ0n) is 7.19. The predicted molar refractivity (Wildman–Crippen MR) is 54.5 cm³/mol. The van der Waals surface area contributed by atoms with Crippen LogP contribution in [0.2, 0.25) is 0 Å². The van der Waals surface area contributed by atoms with Crippen LogP contribution in [0.15, 0.2) is 24.4 Å². The van der Waals surface area contributed by atoms with Gasteiger partial charge in [0.2, 0.25) is 0 Å². The largest absolute Gasteiger partial charge is 0.375 e. The minimum absolute atomic E-state index is 0.596. The van der Waals surface area contributed by atoms with Crippen molar-refractivity contribution < 1.29 is 0 Å². The number of nitrogens with zero attached hydrogens (tertiary/aromatic N) is 2. The van der Waals surface area contributed by atoms with Crippen molar-refractivity contribution in [1.29, 1.82) is 0 Å². The fourth-order valence-electron chi connectivity index (χ4n) is 1.16. The summed E-state index contributed by atoms with van der Waals surface area (Å²) in [6.07, 6.45) is 1.75. The van der Waals surface area contributed by atoms with Gasteiger partial charge in [0.25, 0.3) is 0 Å². The predicted octanol–water partition coefficient (Wildman–Crippen LogP) is 2.10. The highest BCUT2D eigenvalue weighted by Crippen LogP contribution is 2.26. The van der Waals surface area contributed by atoms with E-state index in [2.05, 4.69) is 9.97 Å². The molecule has 13 heavy (non-hydrogen) atoms. The molecule has 3 nitrogen and oxygen atoms in total. The van der Waals surface area contributed by atoms with Crippen molar-refractivity contribution in [2.24, 2.45) is 0 Å². The molecule has 0 aliphatic carbocycles. The summed E-state index contributed by atoms with van der Waals surface area (Å²) in [6.45, 7) is 2.00. The summed E-state index contributed by atoms with van der Waals surface area (Å²) in [7, 11) is 0. The molecule has 2 aromatic heterocycles. The van der Waals surface area contributed by atoms with E-state index in [0.717, 1.165) is 16.3 Å². The van der Waals surface area contributed by atoms with E-state index >= 15 is 0 Å². The molecule has 2 rings (SSSR count). The lowest BCUT2D eigenvalue weighted by Crippen LogP contribution is -1.85. The van der Waals surface area contributed by atoms with Gasteiger partial charge in [-0.3, -0.25) is 4.98 Å². The highest BCUT2D eigenvalue weighted by molar-refractivity contribution is 7.15. The van der Waals surface area contributed by atoms with E-state index in [9.17, 15) is 0 Å². The Kier molecular flexibility index (Phi) is 1.98. The van der Waals surface area contributed by atoms with Crippen LogP contribution in [0.4, 0.5) is 5.13 Å². The molecule has 0 saturated heterocycles. The van der Waals surface area contributed by atoms with Crippen molar-refractivity contribution in [2.75, 3.05) is 5.73 Å². The number of rotatable bonds is 1. The molecule has 2 N–H and O–H groups in total. The van der Waals surface area contributed by atoms with Crippen molar-refractivity contribution in [3.05, 3.63) is 29.3 Å². The highest BCUT2D eigenvalue weighted by Gasteiger charge is 2.07. The average molecular weight is 191 g/mol. The highest BCUT2D eigenvalue weighted by atomic mass is 32.1. The van der Waals surface area contributed by atoms with Crippen LogP contribution in [0.25, 0.3) is 11.4 Å². The molecule has 4 heteroatoms. The molecule has 0 aromatic carbocycles. The maximum atomic E-state index is 5.60. The molecule has 2 aromatic rings. The van der Waals surface area contributed by atoms with Gasteiger partial charge in [-0.05, 0) is 19.1 Å². The Bertz CT molecular complexity index is 408. The van der Waals surface area contributed by atoms with Crippen molar-refractivity contribution in [2.45, 2.75) is 6.92 Å². The minimum atomic E-state index is 0.596. The summed E-state index contributed by atoms with van der Waals surface area (Å²) in [5, 5.41) is 0.596. The van der Waals surface area contributed by atoms with Crippen LogP contribution >= 0.6 is 11.3 Å². The quantitative estimate of drug-likeness (QED) is 0.751. The molecule has 0 aliphatic heterocycles. The zero-order chi connectivity index (χ0) is 9.26. The van der Waals surface area contributed by atoms with Gasteiger partial charge in [0.15, 0.2) is 5.13 Å². The first-order chi connectivity index (χ1) is 6.27. The molecule has 0 fully saturated rings. The number of pyridine rings is 1. The van der Waals surface area contributed by atoms with Crippen LogP contribution in [0, 0.1) is 6.92 Å². The number of aryl methyl sites for hydroxylation is 1. The number of aromatic nitrogens is 2. The number of hydrogen-bond acceptors (Lipinski definition) is 4. The Labute approximate surface area is 80.3 Å². The molecule has 0 radical (unpaired) electrons. The van der Waals surface area contributed by atoms with Crippen LogP contribution in [-0.4, -0.2) is 9.97 Å². The van der Waals surface area contributed by atoms with Gasteiger partial charge in [0.1, 0.15) is 5.69 Å². The summed E-state index contributed by atoms with van der Waals surface area (Å²) >= 11 is 1.49. The Balaban J connectivity index is 2.53. The Morgan fingerprint density at radius 1 is 1.38 bits per heavy atom. The summed E-state index contributed by atoms with van der Waals surface area (Å²) < 4.78 is 0. The van der Waals surface area contributed by atoms with Gasteiger partial charge < -0.3 is 5.73 Å². The molecular weight excluding hydrogens is 182 g/mol. The molecule has 2 heterocycles. The molecule has 0 unspecified atom stereocenters. The summed E-state index contributed by atoms with van der Waals surface area (Å²) in [5.41, 5.74) is 7.37. The van der Waals surface area contributed by atoms with E-state index < -0.39 is 0 Å². The lowest BCUT2D eigenvalue weighted by Gasteiger charge is -1.94. The molecule has 0 bridgehead atoms. The average Bonchev–Trinajstić information content (AvgIpc) is 2.47. The molecule has 66 valence electrons. The van der Waals surface area contributed by atoms with E-state index in [4.69, 9.17) is 5.73 Å². The molecule has 0 aliphatic rings. The van der Waals surface area contributed by atoms with Crippen LogP contribution in [-0.2, 0) is 0 Å². The maximum Gasteiger partial charge on any atom is 0.180 e. The number of thiazole rings is 1. The van der Waals surface area contributed by atoms with E-state index in [0.29, 0.717) is 5.13 Å². The van der Waals surface area contributed by atoms with Gasteiger partial charge in [-0.1, -0.05) is 6.07 Å². The van der Waals surface area contributed by atoms with Crippen LogP contribution < -0.4 is 5.73 Å². The van der Waals surface area contributed by atoms with E-state index in [-0.39, 0.29) is 0 Å². The third kappa shape index (κ3) is 1.53. The lowest BCUT2D eigenvalue weighted by atomic mass is 10.2. The van der Waals surface area contributed by atoms with Gasteiger partial charge >= 0.3 is 0 Å². The number of nitrogen functional groups attached to an aromatic ring is 1. The third-order valence-electron chi connectivity index (χ3n) is 1.72. The molecular formula is C9H9N3S. The number of hydrogen-bond donors (Lipinski definition) is 1. The first kappa shape index (κ1) is 8.19. The topological polar surface area (TPSA) is 51.8 Å². The number of nitrogens with two attached hydrogens (primary N) is 1. The Morgan fingerprint density at radius 3 is 2.77 bits per heavy atom. The minimum Gasteiger partial charge on any atom is -0.375 e. The fraction of sp³-hybridized carbons (Fsp3) is 0.111. The van der Waals surface area contributed by atoms with Gasteiger partial charge in [0.05, 0.1) is 5.69 Å². The van der Waals surface area contributed by atoms with Crippen LogP contribution in [0.1, 0.15) is 4.88 Å². The van der Waals surface area contributed by atoms with Crippen molar-refractivity contribution in [1.82, 2.24) is 9.97 Å². The van der Waals surface area contributed by atoms with Gasteiger partial charge in [0, 0.05) is 11.1 Å². The Hall–Kier alpha value is -1.42. The summed E-state index contributed by atoms with van der Waals surface area (Å²) in [4.78, 5) is 9.53. The molecule has 0 saturated carbocycles. The van der Waals surface area contributed by atoms with Crippen molar-refractivity contribution in [3.63, 3.8) is 0 Å². The first-order valence-corrected chi connectivity index (χ1v) is 4.73. The van der Waals surface area contributed by atoms with Gasteiger partial charge in [-0.2, -0.15) is 0 Å². The maximum absolute atomic E-state index is 5.60. The summed E-state index contributed by atoms with van der Waals surface area (Å²) in [5.74, 6) is 0. The normalized spacial score (nSPS) is 10.2. The SMILES string of the molecule is Cc1sc(N)nc1-c1ccccn1. The second-order valence-corrected chi connectivity index (χ2v) is 3.91. The zero-order valence-corrected chi connectivity index (χ0v) is 8.01. The van der Waals surface area contributed by atoms with Crippen molar-refractivity contribution >= 4 is 16.5 Å². The molecule has 0 amide bonds. The molecule has 0 atom stereocenters. The van der Waals surface area contributed by atoms with E-state index in [1.807, 2.05) is 25.1 Å². The first-order valence-electron chi connectivity index (χ1n) is 3.91. The van der Waals surface area contributed by atoms with E-state index in [1.165, 1.54) is 11.3 Å². The Morgan fingerprint density at radius 2 is 2.23 bits per heavy atom. The van der Waals surface area contributed by atoms with Crippen LogP contribution in [0.3, 0.4) is 0 Å². The van der Waals surface area contributed by atoms with Crippen molar-refractivity contribution in [3.8, 4) is 11.4 Å². The standard InChI is InChI=1S/C9H9N3S/c1-6-8(12-9(10)13-6)7-4-2-3-5-11-7/h2-5H,1H3,(H2,10,12). The lowest BCUT2D eigenvalue weighted by molar-refractivity contribution is 1.27. The van der Waals surface area contributed by atoms with Gasteiger partial charge in [-0.25, -0.2) is 4.98 Å².